The highest BCUT2D eigenvalue weighted by atomic mass is 16.3. The van der Waals surface area contributed by atoms with E-state index in [2.05, 4.69) is 56.9 Å². The lowest BCUT2D eigenvalue weighted by molar-refractivity contribution is 0.124. The molecule has 0 amide bonds. The van der Waals surface area contributed by atoms with E-state index >= 15 is 0 Å². The van der Waals surface area contributed by atoms with Gasteiger partial charge in [-0.1, -0.05) is 58.4 Å². The molecule has 2 atom stereocenters. The van der Waals surface area contributed by atoms with Crippen molar-refractivity contribution in [2.75, 3.05) is 19.6 Å². The Bertz CT molecular complexity index is 432. The first kappa shape index (κ1) is 16.5. The summed E-state index contributed by atoms with van der Waals surface area (Å²) >= 11 is 0. The molecular weight excluding hydrogens is 258 g/mol. The first-order valence-corrected chi connectivity index (χ1v) is 8.41. The fraction of sp³-hybridized carbons (Fsp3) is 0.684. The number of β-amino-alcohol motifs (C(OH)–C–C–N with tert-alkyl or cyclic N) is 1. The molecule has 21 heavy (non-hydrogen) atoms. The van der Waals surface area contributed by atoms with Gasteiger partial charge in [0.15, 0.2) is 0 Å². The summed E-state index contributed by atoms with van der Waals surface area (Å²) < 4.78 is 0. The van der Waals surface area contributed by atoms with Crippen LogP contribution in [0.25, 0.3) is 0 Å². The second kappa shape index (κ2) is 6.93. The number of nitrogens with zero attached hydrogens (tertiary/aromatic N) is 1. The van der Waals surface area contributed by atoms with Crippen molar-refractivity contribution in [3.8, 4) is 0 Å². The van der Waals surface area contributed by atoms with Crippen LogP contribution in [0.5, 0.6) is 0 Å². The fourth-order valence-corrected chi connectivity index (χ4v) is 3.28. The number of rotatable bonds is 5. The third-order valence-corrected chi connectivity index (χ3v) is 4.66. The molecule has 2 rings (SSSR count). The Kier molecular flexibility index (Phi) is 5.45. The third-order valence-electron chi connectivity index (χ3n) is 4.66. The predicted molar refractivity (Wildman–Crippen MR) is 89.6 cm³/mol. The Balaban J connectivity index is 1.90. The van der Waals surface area contributed by atoms with Crippen molar-refractivity contribution in [1.82, 2.24) is 4.90 Å². The van der Waals surface area contributed by atoms with E-state index in [9.17, 15) is 5.11 Å². The Hall–Kier alpha value is -0.860. The van der Waals surface area contributed by atoms with E-state index in [4.69, 9.17) is 0 Å². The predicted octanol–water partition coefficient (Wildman–Crippen LogP) is 4.14. The second-order valence-electron chi connectivity index (χ2n) is 7.59. The molecule has 1 heterocycles. The summed E-state index contributed by atoms with van der Waals surface area (Å²) in [6.45, 7) is 12.0. The molecule has 1 aliphatic rings. The summed E-state index contributed by atoms with van der Waals surface area (Å²) in [5.41, 5.74) is 2.54. The van der Waals surface area contributed by atoms with Crippen molar-refractivity contribution in [3.05, 3.63) is 35.4 Å². The van der Waals surface area contributed by atoms with Gasteiger partial charge in [0.1, 0.15) is 0 Å². The van der Waals surface area contributed by atoms with Gasteiger partial charge < -0.3 is 10.0 Å². The molecule has 1 aliphatic heterocycles. The van der Waals surface area contributed by atoms with Crippen LogP contribution in [0, 0.1) is 5.92 Å². The third kappa shape index (κ3) is 4.55. The zero-order chi connectivity index (χ0) is 15.5. The Morgan fingerprint density at radius 2 is 1.90 bits per heavy atom. The molecule has 1 saturated heterocycles. The minimum Gasteiger partial charge on any atom is -0.387 e. The Labute approximate surface area is 130 Å². The van der Waals surface area contributed by atoms with Crippen LogP contribution in [-0.4, -0.2) is 29.6 Å². The number of hydrogen-bond donors (Lipinski definition) is 1. The highest BCUT2D eigenvalue weighted by Gasteiger charge is 2.24. The van der Waals surface area contributed by atoms with Gasteiger partial charge in [0.2, 0.25) is 0 Å². The molecule has 1 aromatic carbocycles. The molecule has 0 spiro atoms. The number of likely N-dealkylation sites (tertiary alicyclic amines) is 1. The molecule has 2 heteroatoms. The van der Waals surface area contributed by atoms with Crippen LogP contribution < -0.4 is 0 Å². The minimum atomic E-state index is -0.362. The normalized spacial score (nSPS) is 21.7. The molecule has 1 fully saturated rings. The van der Waals surface area contributed by atoms with E-state index in [1.165, 1.54) is 24.8 Å². The maximum atomic E-state index is 10.4. The number of benzene rings is 1. The maximum Gasteiger partial charge on any atom is 0.0916 e. The highest BCUT2D eigenvalue weighted by Crippen LogP contribution is 2.26. The first-order valence-electron chi connectivity index (χ1n) is 8.41. The quantitative estimate of drug-likeness (QED) is 0.880. The largest absolute Gasteiger partial charge is 0.387 e. The van der Waals surface area contributed by atoms with E-state index in [0.29, 0.717) is 0 Å². The monoisotopic (exact) mass is 289 g/mol. The van der Waals surface area contributed by atoms with Crippen LogP contribution in [0.2, 0.25) is 0 Å². The van der Waals surface area contributed by atoms with Gasteiger partial charge in [-0.25, -0.2) is 0 Å². The molecule has 1 N–H and O–H groups in total. The molecule has 1 aromatic rings. The summed E-state index contributed by atoms with van der Waals surface area (Å²) in [5, 5.41) is 10.4. The number of aliphatic hydroxyl groups is 1. The molecule has 118 valence electrons. The summed E-state index contributed by atoms with van der Waals surface area (Å²) in [5.74, 6) is 0.838. The second-order valence-corrected chi connectivity index (χ2v) is 7.59. The summed E-state index contributed by atoms with van der Waals surface area (Å²) in [7, 11) is 0. The molecule has 2 nitrogen and oxygen atoms in total. The molecule has 0 bridgehead atoms. The van der Waals surface area contributed by atoms with Gasteiger partial charge in [-0.15, -0.1) is 0 Å². The lowest BCUT2D eigenvalue weighted by atomic mass is 9.86. The number of aliphatic hydroxyl groups excluding tert-OH is 1. The van der Waals surface area contributed by atoms with Crippen molar-refractivity contribution in [3.63, 3.8) is 0 Å². The van der Waals surface area contributed by atoms with Gasteiger partial charge >= 0.3 is 0 Å². The van der Waals surface area contributed by atoms with Crippen LogP contribution in [-0.2, 0) is 5.41 Å². The van der Waals surface area contributed by atoms with Crippen LogP contribution in [0.3, 0.4) is 0 Å². The summed E-state index contributed by atoms with van der Waals surface area (Å²) in [6.07, 6.45) is 3.53. The van der Waals surface area contributed by atoms with E-state index in [1.807, 2.05) is 0 Å². The molecular formula is C19H31NO. The van der Waals surface area contributed by atoms with Gasteiger partial charge in [0.05, 0.1) is 6.10 Å². The lowest BCUT2D eigenvalue weighted by Gasteiger charge is -2.22. The average Bonchev–Trinajstić information content (AvgIpc) is 2.86. The van der Waals surface area contributed by atoms with E-state index in [0.717, 1.165) is 31.1 Å². The average molecular weight is 289 g/mol. The molecule has 0 saturated carbocycles. The molecule has 0 aromatic heterocycles. The minimum absolute atomic E-state index is 0.172. The highest BCUT2D eigenvalue weighted by molar-refractivity contribution is 5.28. The molecule has 0 aliphatic carbocycles. The fourth-order valence-electron chi connectivity index (χ4n) is 3.28. The van der Waals surface area contributed by atoms with Crippen LogP contribution in [0.1, 0.15) is 64.2 Å². The standard InChI is InChI=1S/C19H31NO/c1-5-6-15-11-12-20(13-15)14-18(21)16-7-9-17(10-8-16)19(2,3)4/h7-10,15,18,21H,5-6,11-14H2,1-4H3. The van der Waals surface area contributed by atoms with Gasteiger partial charge in [0.25, 0.3) is 0 Å². The van der Waals surface area contributed by atoms with Gasteiger partial charge in [-0.3, -0.25) is 0 Å². The number of hydrogen-bond acceptors (Lipinski definition) is 2. The topological polar surface area (TPSA) is 23.5 Å². The van der Waals surface area contributed by atoms with Crippen LogP contribution in [0.4, 0.5) is 0 Å². The Morgan fingerprint density at radius 3 is 2.48 bits per heavy atom. The smallest absolute Gasteiger partial charge is 0.0916 e. The van der Waals surface area contributed by atoms with Crippen molar-refractivity contribution >= 4 is 0 Å². The maximum absolute atomic E-state index is 10.4. The lowest BCUT2D eigenvalue weighted by Crippen LogP contribution is -2.26. The van der Waals surface area contributed by atoms with E-state index in [1.54, 1.807) is 0 Å². The van der Waals surface area contributed by atoms with E-state index < -0.39 is 0 Å². The van der Waals surface area contributed by atoms with Crippen molar-refractivity contribution in [1.29, 1.82) is 0 Å². The molecule has 0 radical (unpaired) electrons. The first-order chi connectivity index (χ1) is 9.90. The van der Waals surface area contributed by atoms with Gasteiger partial charge in [-0.05, 0) is 41.8 Å². The van der Waals surface area contributed by atoms with E-state index in [-0.39, 0.29) is 11.5 Å². The van der Waals surface area contributed by atoms with Crippen LogP contribution in [0.15, 0.2) is 24.3 Å². The van der Waals surface area contributed by atoms with Crippen molar-refractivity contribution in [2.24, 2.45) is 5.92 Å². The zero-order valence-electron chi connectivity index (χ0n) is 14.1. The van der Waals surface area contributed by atoms with Gasteiger partial charge in [-0.2, -0.15) is 0 Å². The summed E-state index contributed by atoms with van der Waals surface area (Å²) in [4.78, 5) is 2.42. The Morgan fingerprint density at radius 1 is 1.24 bits per heavy atom. The molecule has 2 unspecified atom stereocenters. The summed E-state index contributed by atoms with van der Waals surface area (Å²) in [6, 6.07) is 8.49. The van der Waals surface area contributed by atoms with Crippen molar-refractivity contribution in [2.45, 2.75) is 58.5 Å². The van der Waals surface area contributed by atoms with Gasteiger partial charge in [0, 0.05) is 13.1 Å². The van der Waals surface area contributed by atoms with Crippen LogP contribution >= 0.6 is 0 Å². The zero-order valence-corrected chi connectivity index (χ0v) is 14.1. The van der Waals surface area contributed by atoms with Crippen molar-refractivity contribution < 1.29 is 5.11 Å². The SMILES string of the molecule is CCCC1CCN(CC(O)c2ccc(C(C)(C)C)cc2)C1.